The van der Waals surface area contributed by atoms with E-state index < -0.39 is 18.9 Å². The van der Waals surface area contributed by atoms with E-state index in [-0.39, 0.29) is 5.48 Å². The maximum atomic E-state index is 9.29. The van der Waals surface area contributed by atoms with Gasteiger partial charge in [-0.1, -0.05) is 0 Å². The van der Waals surface area contributed by atoms with Crippen molar-refractivity contribution in [1.82, 2.24) is 0 Å². The second-order valence-electron chi connectivity index (χ2n) is 2.24. The highest BCUT2D eigenvalue weighted by Crippen LogP contribution is 2.13. The lowest BCUT2D eigenvalue weighted by Crippen LogP contribution is -1.96. The molecule has 0 saturated heterocycles. The molecular formula is C6H8O7S2. The second kappa shape index (κ2) is 5.07. The van der Waals surface area contributed by atoms with Gasteiger partial charge in [-0.25, -0.2) is 8.42 Å². The smallest absolute Gasteiger partial charge is 0.370 e. The van der Waals surface area contributed by atoms with Crippen LogP contribution in [0.5, 0.6) is 0 Å². The van der Waals surface area contributed by atoms with Crippen molar-refractivity contribution < 1.29 is 31.3 Å². The molecule has 0 fully saturated rings. The number of thiol groups is 1. The molecule has 7 nitrogen and oxygen atoms in total. The van der Waals surface area contributed by atoms with Gasteiger partial charge in [0.05, 0.1) is 0 Å². The van der Waals surface area contributed by atoms with Crippen molar-refractivity contribution in [2.24, 2.45) is 0 Å². The molecule has 0 radical (unpaired) electrons. The van der Waals surface area contributed by atoms with E-state index >= 15 is 0 Å². The molecular weight excluding hydrogens is 248 g/mol. The fourth-order valence-electron chi connectivity index (χ4n) is 0.712. The van der Waals surface area contributed by atoms with Gasteiger partial charge >= 0.3 is 9.15 Å². The summed E-state index contributed by atoms with van der Waals surface area (Å²) in [5.41, 5.74) is 1.94. The fraction of sp³-hybridized carbons (Fsp3) is 0. The van der Waals surface area contributed by atoms with Crippen LogP contribution in [0.4, 0.5) is 0 Å². The van der Waals surface area contributed by atoms with E-state index in [4.69, 9.17) is 8.97 Å². The molecule has 9 heteroatoms. The highest BCUT2D eigenvalue weighted by Gasteiger charge is 2.03. The summed E-state index contributed by atoms with van der Waals surface area (Å²) in [6, 6.07) is 7.81. The molecule has 0 atom stereocenters. The minimum absolute atomic E-state index is 0. The summed E-state index contributed by atoms with van der Waals surface area (Å²) in [7, 11) is -8.50. The molecule has 0 amide bonds. The van der Waals surface area contributed by atoms with E-state index in [0.717, 1.165) is 11.2 Å². The zero-order valence-electron chi connectivity index (χ0n) is 7.15. The van der Waals surface area contributed by atoms with Crippen LogP contribution in [0.3, 0.4) is 0 Å². The average molecular weight is 256 g/mol. The summed E-state index contributed by atoms with van der Waals surface area (Å²) < 4.78 is 49.6. The summed E-state index contributed by atoms with van der Waals surface area (Å²) >= 11 is 0. The molecule has 86 valence electrons. The monoisotopic (exact) mass is 256 g/mol. The second-order valence-corrected chi connectivity index (χ2v) is 5.87. The Balaban J connectivity index is 0.000000245. The summed E-state index contributed by atoms with van der Waals surface area (Å²) in [4.78, 5) is 0. The van der Waals surface area contributed by atoms with Crippen molar-refractivity contribution in [3.05, 3.63) is 24.3 Å². The molecule has 0 aliphatic heterocycles. The van der Waals surface area contributed by atoms with Gasteiger partial charge in [0.15, 0.2) is 0 Å². The maximum Gasteiger partial charge on any atom is 0.370 e. The Kier molecular flexibility index (Phi) is 4.68. The Labute approximate surface area is 86.1 Å². The number of rotatable bonds is 1. The van der Waals surface area contributed by atoms with Crippen LogP contribution in [0.1, 0.15) is 0 Å². The molecule has 0 saturated carbocycles. The quantitative estimate of drug-likeness (QED) is 0.399. The molecule has 0 aliphatic carbocycles. The number of fused-ring (bicyclic) bond motifs is 2. The zero-order valence-corrected chi connectivity index (χ0v) is 8.86. The Morgan fingerprint density at radius 1 is 1.07 bits per heavy atom. The van der Waals surface area contributed by atoms with Crippen molar-refractivity contribution in [1.29, 1.82) is 0 Å². The van der Waals surface area contributed by atoms with Gasteiger partial charge in [-0.15, -0.1) is 0 Å². The average Bonchev–Trinajstić information content (AvgIpc) is 2.65. The predicted molar refractivity (Wildman–Crippen MR) is 52.9 cm³/mol. The first-order chi connectivity index (χ1) is 6.39. The highest BCUT2D eigenvalue weighted by atomic mass is 33.2. The molecule has 15 heavy (non-hydrogen) atoms. The Hall–Kier alpha value is -1.16. The Morgan fingerprint density at radius 3 is 1.40 bits per heavy atom. The third-order valence-corrected chi connectivity index (χ3v) is 2.75. The number of benzene rings is 1. The first-order valence-corrected chi connectivity index (χ1v) is 6.52. The first-order valence-electron chi connectivity index (χ1n) is 3.29. The Bertz CT molecular complexity index is 511. The summed E-state index contributed by atoms with van der Waals surface area (Å²) in [5.74, 6) is 0. The van der Waals surface area contributed by atoms with E-state index in [9.17, 15) is 16.8 Å². The van der Waals surface area contributed by atoms with Crippen LogP contribution in [-0.4, -0.2) is 26.9 Å². The van der Waals surface area contributed by atoms with Gasteiger partial charge in [0.2, 0.25) is 0 Å². The lowest BCUT2D eigenvalue weighted by molar-refractivity contribution is 0.496. The first kappa shape index (κ1) is 13.8. The van der Waals surface area contributed by atoms with Gasteiger partial charge in [-0.3, -0.25) is 4.55 Å². The molecule has 3 N–H and O–H groups in total. The van der Waals surface area contributed by atoms with Crippen LogP contribution in [0, 0.1) is 0 Å². The molecule has 0 spiro atoms. The molecule has 0 aromatic carbocycles. The van der Waals surface area contributed by atoms with Gasteiger partial charge in [0.25, 0.3) is 9.74 Å². The molecule has 0 aliphatic rings. The van der Waals surface area contributed by atoms with Gasteiger partial charge < -0.3 is 9.89 Å². The number of hydrogen-bond donors (Lipinski definition) is 2. The van der Waals surface area contributed by atoms with Crippen molar-refractivity contribution in [2.45, 2.75) is 0 Å². The standard InChI is InChI=1S/C6H4O.H2O5S2.H2O/c1-2-6-4-3-5(1)7-6;1-6(2)7(3,4)5;/h1-4H;6H,(H,3,4,5);1H2. The van der Waals surface area contributed by atoms with Crippen LogP contribution in [0.25, 0.3) is 11.2 Å². The number of furan rings is 2. The van der Waals surface area contributed by atoms with Crippen LogP contribution >= 0.6 is 0 Å². The van der Waals surface area contributed by atoms with Gasteiger partial charge in [-0.2, -0.15) is 8.42 Å². The third-order valence-electron chi connectivity index (χ3n) is 1.25. The van der Waals surface area contributed by atoms with E-state index in [1.807, 2.05) is 24.3 Å². The summed E-state index contributed by atoms with van der Waals surface area (Å²) in [5, 5.41) is 0. The minimum Gasteiger partial charge on any atom is -0.457 e. The van der Waals surface area contributed by atoms with E-state index in [0.29, 0.717) is 0 Å². The molecule has 2 rings (SSSR count). The van der Waals surface area contributed by atoms with Crippen LogP contribution in [0.2, 0.25) is 0 Å². The Morgan fingerprint density at radius 2 is 1.33 bits per heavy atom. The third kappa shape index (κ3) is 4.25. The van der Waals surface area contributed by atoms with Crippen molar-refractivity contribution in [2.75, 3.05) is 0 Å². The van der Waals surface area contributed by atoms with Crippen LogP contribution < -0.4 is 0 Å². The van der Waals surface area contributed by atoms with E-state index in [1.54, 1.807) is 0 Å². The molecule has 2 aromatic heterocycles. The summed E-state index contributed by atoms with van der Waals surface area (Å²) in [6.45, 7) is 0. The molecule has 2 aromatic rings. The number of hydrogen-bond acceptors (Lipinski definition) is 5. The van der Waals surface area contributed by atoms with Gasteiger partial charge in [-0.05, 0) is 24.3 Å². The highest BCUT2D eigenvalue weighted by molar-refractivity contribution is 8.56. The van der Waals surface area contributed by atoms with Crippen molar-refractivity contribution in [3.63, 3.8) is 0 Å². The SMILES string of the molecule is O.O=[SH](=O)S(=O)(=O)O.c1cc2ccc1o2. The summed E-state index contributed by atoms with van der Waals surface area (Å²) in [6.07, 6.45) is 0. The van der Waals surface area contributed by atoms with Crippen LogP contribution in [-0.2, 0) is 18.9 Å². The predicted octanol–water partition coefficient (Wildman–Crippen LogP) is -0.553. The van der Waals surface area contributed by atoms with E-state index in [1.165, 1.54) is 0 Å². The topological polar surface area (TPSA) is 133 Å². The van der Waals surface area contributed by atoms with Gasteiger partial charge in [0, 0.05) is 0 Å². The lowest BCUT2D eigenvalue weighted by Gasteiger charge is -1.72. The molecule has 2 bridgehead atoms. The maximum absolute atomic E-state index is 9.29. The lowest BCUT2D eigenvalue weighted by atomic mass is 10.4. The van der Waals surface area contributed by atoms with E-state index in [2.05, 4.69) is 0 Å². The largest absolute Gasteiger partial charge is 0.457 e. The fourth-order valence-corrected chi connectivity index (χ4v) is 0.712. The van der Waals surface area contributed by atoms with Gasteiger partial charge in [0.1, 0.15) is 11.2 Å². The zero-order chi connectivity index (χ0) is 10.8. The van der Waals surface area contributed by atoms with Crippen molar-refractivity contribution in [3.8, 4) is 0 Å². The normalized spacial score (nSPS) is 10.8. The molecule has 2 heterocycles. The van der Waals surface area contributed by atoms with Crippen molar-refractivity contribution >= 4 is 30.1 Å². The molecule has 0 unspecified atom stereocenters. The van der Waals surface area contributed by atoms with Crippen LogP contribution in [0.15, 0.2) is 28.7 Å². The minimum atomic E-state index is -4.79.